The molecule has 1 fully saturated rings. The minimum absolute atomic E-state index is 0.186. The van der Waals surface area contributed by atoms with E-state index in [0.717, 1.165) is 12.8 Å². The average molecular weight is 172 g/mol. The van der Waals surface area contributed by atoms with E-state index in [2.05, 4.69) is 0 Å². The molecule has 0 aromatic heterocycles. The van der Waals surface area contributed by atoms with Crippen molar-refractivity contribution >= 4 is 5.97 Å². The zero-order valence-corrected chi connectivity index (χ0v) is 6.95. The highest BCUT2D eigenvalue weighted by atomic mass is 16.7. The van der Waals surface area contributed by atoms with E-state index in [1.165, 1.54) is 13.2 Å². The maximum atomic E-state index is 10.3. The van der Waals surface area contributed by atoms with Gasteiger partial charge in [-0.3, -0.25) is 0 Å². The van der Waals surface area contributed by atoms with Crippen molar-refractivity contribution in [1.82, 2.24) is 0 Å². The molecule has 1 heterocycles. The van der Waals surface area contributed by atoms with Gasteiger partial charge in [0.1, 0.15) is 0 Å². The number of hydrogen-bond donors (Lipinski definition) is 1. The van der Waals surface area contributed by atoms with E-state index in [-0.39, 0.29) is 11.9 Å². The number of rotatable bonds is 3. The summed E-state index contributed by atoms with van der Waals surface area (Å²) in [6.45, 7) is 2.18. The fourth-order valence-corrected chi connectivity index (χ4v) is 0.884. The average Bonchev–Trinajstić information content (AvgIpc) is 2.51. The monoisotopic (exact) mass is 172 g/mol. The molecule has 12 heavy (non-hydrogen) atoms. The molecule has 1 saturated heterocycles. The van der Waals surface area contributed by atoms with Crippen LogP contribution in [0.3, 0.4) is 0 Å². The third kappa shape index (κ3) is 2.54. The van der Waals surface area contributed by atoms with E-state index in [0.29, 0.717) is 6.61 Å². The third-order valence-electron chi connectivity index (χ3n) is 1.62. The van der Waals surface area contributed by atoms with Crippen molar-refractivity contribution in [3.8, 4) is 0 Å². The first-order valence-electron chi connectivity index (χ1n) is 3.87. The van der Waals surface area contributed by atoms with Gasteiger partial charge in [0.05, 0.1) is 18.4 Å². The molecule has 0 aliphatic carbocycles. The first kappa shape index (κ1) is 9.06. The zero-order chi connectivity index (χ0) is 8.97. The molecule has 0 spiro atoms. The van der Waals surface area contributed by atoms with Crippen molar-refractivity contribution in [2.24, 2.45) is 0 Å². The smallest absolute Gasteiger partial charge is 0.334 e. The van der Waals surface area contributed by atoms with Crippen LogP contribution in [0.5, 0.6) is 0 Å². The highest BCUT2D eigenvalue weighted by molar-refractivity contribution is 5.85. The second kappa shape index (κ2) is 4.11. The lowest BCUT2D eigenvalue weighted by molar-refractivity contribution is -0.133. The van der Waals surface area contributed by atoms with Crippen molar-refractivity contribution in [3.63, 3.8) is 0 Å². The molecule has 0 amide bonds. The summed E-state index contributed by atoms with van der Waals surface area (Å²) in [4.78, 5) is 10.3. The number of aliphatic carboxylic acids is 1. The Hall–Kier alpha value is -1.03. The Morgan fingerprint density at radius 1 is 1.75 bits per heavy atom. The van der Waals surface area contributed by atoms with Crippen LogP contribution in [-0.4, -0.2) is 24.0 Å². The first-order chi connectivity index (χ1) is 5.70. The summed E-state index contributed by atoms with van der Waals surface area (Å²) < 4.78 is 10.2. The van der Waals surface area contributed by atoms with Gasteiger partial charge in [-0.2, -0.15) is 0 Å². The van der Waals surface area contributed by atoms with E-state index in [1.807, 2.05) is 0 Å². The highest BCUT2D eigenvalue weighted by Crippen LogP contribution is 2.13. The van der Waals surface area contributed by atoms with Crippen LogP contribution in [0.2, 0.25) is 0 Å². The summed E-state index contributed by atoms with van der Waals surface area (Å²) in [6, 6.07) is 0. The summed E-state index contributed by atoms with van der Waals surface area (Å²) in [5, 5.41) is 8.47. The predicted molar refractivity (Wildman–Crippen MR) is 41.5 cm³/mol. The number of carboxylic acids is 1. The van der Waals surface area contributed by atoms with Crippen LogP contribution in [-0.2, 0) is 14.3 Å². The largest absolute Gasteiger partial charge is 0.478 e. The molecule has 1 rings (SSSR count). The minimum atomic E-state index is -0.965. The van der Waals surface area contributed by atoms with Crippen molar-refractivity contribution in [3.05, 3.63) is 11.8 Å². The molecule has 0 saturated carbocycles. The van der Waals surface area contributed by atoms with Gasteiger partial charge in [0, 0.05) is 6.42 Å². The van der Waals surface area contributed by atoms with Gasteiger partial charge in [-0.15, -0.1) is 0 Å². The Kier molecular flexibility index (Phi) is 3.10. The van der Waals surface area contributed by atoms with Gasteiger partial charge in [-0.05, 0) is 13.3 Å². The van der Waals surface area contributed by atoms with Crippen LogP contribution in [0.1, 0.15) is 19.8 Å². The molecule has 1 N–H and O–H groups in total. The molecule has 1 aliphatic rings. The summed E-state index contributed by atoms with van der Waals surface area (Å²) in [5.74, 6) is -0.965. The maximum Gasteiger partial charge on any atom is 0.334 e. The van der Waals surface area contributed by atoms with Crippen molar-refractivity contribution < 1.29 is 19.4 Å². The number of carbonyl (C=O) groups is 1. The molecular weight excluding hydrogens is 160 g/mol. The van der Waals surface area contributed by atoms with Gasteiger partial charge in [0.25, 0.3) is 0 Å². The van der Waals surface area contributed by atoms with Crippen LogP contribution >= 0.6 is 0 Å². The quantitative estimate of drug-likeness (QED) is 0.512. The Bertz CT molecular complexity index is 191. The van der Waals surface area contributed by atoms with E-state index in [4.69, 9.17) is 14.6 Å². The molecule has 1 unspecified atom stereocenters. The fourth-order valence-electron chi connectivity index (χ4n) is 0.884. The van der Waals surface area contributed by atoms with Gasteiger partial charge in [0.2, 0.25) is 0 Å². The van der Waals surface area contributed by atoms with Gasteiger partial charge in [-0.25, -0.2) is 4.79 Å². The standard InChI is InChI=1S/C8H12O4/c1-6(8(9)10)5-12-7-3-2-4-11-7/h5,7H,2-4H2,1H3,(H,9,10). The molecule has 4 heteroatoms. The van der Waals surface area contributed by atoms with Gasteiger partial charge in [0.15, 0.2) is 6.29 Å². The van der Waals surface area contributed by atoms with E-state index < -0.39 is 5.97 Å². The lowest BCUT2D eigenvalue weighted by atomic mass is 10.3. The second-order valence-electron chi connectivity index (χ2n) is 2.68. The molecule has 0 bridgehead atoms. The molecule has 1 aliphatic heterocycles. The molecule has 1 atom stereocenters. The normalized spacial score (nSPS) is 24.1. The zero-order valence-electron chi connectivity index (χ0n) is 6.95. The SMILES string of the molecule is CC(=COC1CCCO1)C(=O)O. The summed E-state index contributed by atoms with van der Waals surface area (Å²) >= 11 is 0. The summed E-state index contributed by atoms with van der Waals surface area (Å²) in [6.07, 6.45) is 2.80. The van der Waals surface area contributed by atoms with Crippen LogP contribution in [0.15, 0.2) is 11.8 Å². The number of carboxylic acid groups (broad SMARTS) is 1. The first-order valence-corrected chi connectivity index (χ1v) is 3.87. The fraction of sp³-hybridized carbons (Fsp3) is 0.625. The van der Waals surface area contributed by atoms with Gasteiger partial charge >= 0.3 is 5.97 Å². The van der Waals surface area contributed by atoms with Crippen LogP contribution in [0.4, 0.5) is 0 Å². The number of ether oxygens (including phenoxy) is 2. The molecule has 0 radical (unpaired) electrons. The van der Waals surface area contributed by atoms with E-state index in [1.54, 1.807) is 0 Å². The Balaban J connectivity index is 2.31. The lowest BCUT2D eigenvalue weighted by Gasteiger charge is -2.08. The second-order valence-corrected chi connectivity index (χ2v) is 2.68. The molecular formula is C8H12O4. The molecule has 68 valence electrons. The molecule has 0 aromatic carbocycles. The van der Waals surface area contributed by atoms with Crippen LogP contribution in [0, 0.1) is 0 Å². The predicted octanol–water partition coefficient (Wildman–Crippen LogP) is 1.13. The molecule has 0 aromatic rings. The van der Waals surface area contributed by atoms with E-state index >= 15 is 0 Å². The number of hydrogen-bond acceptors (Lipinski definition) is 3. The van der Waals surface area contributed by atoms with Crippen LogP contribution in [0.25, 0.3) is 0 Å². The molecule has 4 nitrogen and oxygen atoms in total. The van der Waals surface area contributed by atoms with Gasteiger partial charge in [-0.1, -0.05) is 0 Å². The van der Waals surface area contributed by atoms with Crippen molar-refractivity contribution in [1.29, 1.82) is 0 Å². The maximum absolute atomic E-state index is 10.3. The lowest BCUT2D eigenvalue weighted by Crippen LogP contribution is -2.07. The van der Waals surface area contributed by atoms with Crippen molar-refractivity contribution in [2.75, 3.05) is 6.61 Å². The Labute approximate surface area is 70.8 Å². The van der Waals surface area contributed by atoms with Crippen LogP contribution < -0.4 is 0 Å². The third-order valence-corrected chi connectivity index (χ3v) is 1.62. The Morgan fingerprint density at radius 2 is 2.50 bits per heavy atom. The minimum Gasteiger partial charge on any atom is -0.478 e. The summed E-state index contributed by atoms with van der Waals surface area (Å²) in [7, 11) is 0. The van der Waals surface area contributed by atoms with Crippen molar-refractivity contribution in [2.45, 2.75) is 26.1 Å². The highest BCUT2D eigenvalue weighted by Gasteiger charge is 2.15. The summed E-state index contributed by atoms with van der Waals surface area (Å²) in [5.41, 5.74) is 0.186. The Morgan fingerprint density at radius 3 is 3.00 bits per heavy atom. The van der Waals surface area contributed by atoms with Gasteiger partial charge < -0.3 is 14.6 Å². The topological polar surface area (TPSA) is 55.8 Å². The van der Waals surface area contributed by atoms with E-state index in [9.17, 15) is 4.79 Å².